The molecule has 1 N–H and O–H groups in total. The molecule has 1 aliphatic carbocycles. The van der Waals surface area contributed by atoms with E-state index in [1.807, 2.05) is 0 Å². The van der Waals surface area contributed by atoms with Crippen LogP contribution in [0.5, 0.6) is 0 Å². The van der Waals surface area contributed by atoms with E-state index in [0.717, 1.165) is 0 Å². The van der Waals surface area contributed by atoms with Gasteiger partial charge in [0.1, 0.15) is 5.82 Å². The number of amides is 1. The summed E-state index contributed by atoms with van der Waals surface area (Å²) in [6, 6.07) is 3.34. The number of hydrogen-bond donors (Lipinski definition) is 1. The number of nitrogens with one attached hydrogen (secondary N) is 1. The minimum Gasteiger partial charge on any atom is -0.310 e. The topological polar surface area (TPSA) is 42.0 Å². The maximum atomic E-state index is 12.1. The molecule has 17 heavy (non-hydrogen) atoms. The molecule has 1 aromatic rings. The molecule has 3 nitrogen and oxygen atoms in total. The lowest BCUT2D eigenvalue weighted by atomic mass is 10.0. The monoisotopic (exact) mass is 252 g/mol. The Labute approximate surface area is 107 Å². The lowest BCUT2D eigenvalue weighted by Gasteiger charge is -2.05. The van der Waals surface area contributed by atoms with Gasteiger partial charge in [-0.3, -0.25) is 4.79 Å². The number of aromatic nitrogens is 1. The molecule has 0 radical (unpaired) electrons. The summed E-state index contributed by atoms with van der Waals surface area (Å²) in [5.74, 6) is 0.562. The fraction of sp³-hybridized carbons (Fsp3) is 0.538. The fourth-order valence-electron chi connectivity index (χ4n) is 2.52. The largest absolute Gasteiger partial charge is 0.310 e. The summed E-state index contributed by atoms with van der Waals surface area (Å²) in [5, 5.41) is 3.40. The Balaban J connectivity index is 2.10. The van der Waals surface area contributed by atoms with Crippen LogP contribution >= 0.6 is 11.6 Å². The van der Waals surface area contributed by atoms with E-state index in [0.29, 0.717) is 10.8 Å². The molecule has 4 heteroatoms. The SMILES string of the molecule is CC1(C)C(C(=O)Nc2cc(Cl)ccn2)C1(C)C. The van der Waals surface area contributed by atoms with E-state index in [1.165, 1.54) is 0 Å². The number of carbonyl (C=O) groups excluding carboxylic acids is 1. The first kappa shape index (κ1) is 12.4. The molecule has 0 aliphatic heterocycles. The van der Waals surface area contributed by atoms with Gasteiger partial charge in [-0.05, 0) is 23.0 Å². The van der Waals surface area contributed by atoms with Crippen LogP contribution in [0.25, 0.3) is 0 Å². The van der Waals surface area contributed by atoms with Crippen LogP contribution in [0.3, 0.4) is 0 Å². The van der Waals surface area contributed by atoms with Gasteiger partial charge in [0.25, 0.3) is 0 Å². The zero-order valence-electron chi connectivity index (χ0n) is 10.5. The van der Waals surface area contributed by atoms with Crippen molar-refractivity contribution in [2.75, 3.05) is 5.32 Å². The van der Waals surface area contributed by atoms with Crippen molar-refractivity contribution in [2.45, 2.75) is 27.7 Å². The molecule has 0 saturated heterocycles. The lowest BCUT2D eigenvalue weighted by molar-refractivity contribution is -0.118. The van der Waals surface area contributed by atoms with Gasteiger partial charge in [0.15, 0.2) is 0 Å². The molecule has 1 aromatic heterocycles. The van der Waals surface area contributed by atoms with Crippen LogP contribution in [0, 0.1) is 16.7 Å². The number of halogens is 1. The van der Waals surface area contributed by atoms with E-state index < -0.39 is 0 Å². The van der Waals surface area contributed by atoms with Gasteiger partial charge in [0.2, 0.25) is 5.91 Å². The third kappa shape index (κ3) is 1.93. The molecular formula is C13H17ClN2O. The molecule has 1 saturated carbocycles. The second kappa shape index (κ2) is 3.70. The highest BCUT2D eigenvalue weighted by molar-refractivity contribution is 6.30. The van der Waals surface area contributed by atoms with Crippen LogP contribution < -0.4 is 5.32 Å². The summed E-state index contributed by atoms with van der Waals surface area (Å²) in [6.07, 6.45) is 1.58. The first-order chi connectivity index (χ1) is 7.76. The van der Waals surface area contributed by atoms with E-state index in [4.69, 9.17) is 11.6 Å². The molecule has 92 valence electrons. The average molecular weight is 253 g/mol. The van der Waals surface area contributed by atoms with Crippen LogP contribution in [-0.4, -0.2) is 10.9 Å². The number of hydrogen-bond acceptors (Lipinski definition) is 2. The third-order valence-corrected chi connectivity index (χ3v) is 4.49. The zero-order chi connectivity index (χ0) is 12.8. The number of nitrogens with zero attached hydrogens (tertiary/aromatic N) is 1. The van der Waals surface area contributed by atoms with Crippen LogP contribution in [0.4, 0.5) is 5.82 Å². The minimum absolute atomic E-state index is 0.0229. The highest BCUT2D eigenvalue weighted by Crippen LogP contribution is 2.68. The highest BCUT2D eigenvalue weighted by Gasteiger charge is 2.68. The predicted molar refractivity (Wildman–Crippen MR) is 68.9 cm³/mol. The number of pyridine rings is 1. The summed E-state index contributed by atoms with van der Waals surface area (Å²) >= 11 is 5.84. The Hall–Kier alpha value is -1.09. The van der Waals surface area contributed by atoms with E-state index in [1.54, 1.807) is 18.3 Å². The highest BCUT2D eigenvalue weighted by atomic mass is 35.5. The summed E-state index contributed by atoms with van der Waals surface area (Å²) in [6.45, 7) is 8.45. The van der Waals surface area contributed by atoms with Crippen LogP contribution in [-0.2, 0) is 4.79 Å². The molecule has 0 spiro atoms. The van der Waals surface area contributed by atoms with Gasteiger partial charge in [0.05, 0.1) is 0 Å². The standard InChI is InChI=1S/C13H17ClN2O/c1-12(2)10(13(12,3)4)11(17)16-9-7-8(14)5-6-15-9/h5-7,10H,1-4H3,(H,15,16,17). The van der Waals surface area contributed by atoms with Gasteiger partial charge in [-0.1, -0.05) is 39.3 Å². The number of carbonyl (C=O) groups is 1. The number of anilines is 1. The summed E-state index contributed by atoms with van der Waals surface area (Å²) in [7, 11) is 0. The van der Waals surface area contributed by atoms with Crippen molar-refractivity contribution in [1.82, 2.24) is 4.98 Å². The first-order valence-corrected chi connectivity index (χ1v) is 6.07. The van der Waals surface area contributed by atoms with Crippen LogP contribution in [0.15, 0.2) is 18.3 Å². The van der Waals surface area contributed by atoms with Gasteiger partial charge >= 0.3 is 0 Å². The third-order valence-electron chi connectivity index (χ3n) is 4.26. The molecule has 1 amide bonds. The molecule has 0 unspecified atom stereocenters. The predicted octanol–water partition coefficient (Wildman–Crippen LogP) is 3.36. The van der Waals surface area contributed by atoms with Crippen molar-refractivity contribution in [3.63, 3.8) is 0 Å². The molecular weight excluding hydrogens is 236 g/mol. The van der Waals surface area contributed by atoms with Crippen molar-refractivity contribution in [2.24, 2.45) is 16.7 Å². The van der Waals surface area contributed by atoms with Gasteiger partial charge < -0.3 is 5.32 Å². The molecule has 1 heterocycles. The van der Waals surface area contributed by atoms with Crippen molar-refractivity contribution < 1.29 is 4.79 Å². The molecule has 2 rings (SSSR count). The molecule has 0 aromatic carbocycles. The maximum absolute atomic E-state index is 12.1. The number of rotatable bonds is 2. The summed E-state index contributed by atoms with van der Waals surface area (Å²) < 4.78 is 0. The second-order valence-corrected chi connectivity index (χ2v) is 6.16. The fourth-order valence-corrected chi connectivity index (χ4v) is 2.68. The van der Waals surface area contributed by atoms with Gasteiger partial charge in [-0.15, -0.1) is 0 Å². The van der Waals surface area contributed by atoms with Gasteiger partial charge in [0, 0.05) is 17.1 Å². The van der Waals surface area contributed by atoms with E-state index in [-0.39, 0.29) is 22.7 Å². The Morgan fingerprint density at radius 1 is 1.35 bits per heavy atom. The summed E-state index contributed by atoms with van der Waals surface area (Å²) in [5.41, 5.74) is 0.0747. The van der Waals surface area contributed by atoms with Crippen molar-refractivity contribution in [1.29, 1.82) is 0 Å². The minimum atomic E-state index is 0.0229. The van der Waals surface area contributed by atoms with E-state index in [2.05, 4.69) is 38.0 Å². The first-order valence-electron chi connectivity index (χ1n) is 5.69. The van der Waals surface area contributed by atoms with Crippen LogP contribution in [0.2, 0.25) is 5.02 Å². The Kier molecular flexibility index (Phi) is 2.69. The second-order valence-electron chi connectivity index (χ2n) is 5.72. The normalized spacial score (nSPS) is 21.0. The Bertz CT molecular complexity index is 454. The molecule has 0 bridgehead atoms. The van der Waals surface area contributed by atoms with Crippen molar-refractivity contribution in [3.05, 3.63) is 23.4 Å². The van der Waals surface area contributed by atoms with Gasteiger partial charge in [-0.2, -0.15) is 0 Å². The Morgan fingerprint density at radius 3 is 2.41 bits per heavy atom. The van der Waals surface area contributed by atoms with E-state index in [9.17, 15) is 4.79 Å². The van der Waals surface area contributed by atoms with Crippen molar-refractivity contribution in [3.8, 4) is 0 Å². The van der Waals surface area contributed by atoms with Crippen molar-refractivity contribution >= 4 is 23.3 Å². The van der Waals surface area contributed by atoms with E-state index >= 15 is 0 Å². The quantitative estimate of drug-likeness (QED) is 0.877. The molecule has 1 fully saturated rings. The Morgan fingerprint density at radius 2 is 1.94 bits per heavy atom. The molecule has 0 atom stereocenters. The summed E-state index contributed by atoms with van der Waals surface area (Å²) in [4.78, 5) is 16.2. The van der Waals surface area contributed by atoms with Gasteiger partial charge in [-0.25, -0.2) is 4.98 Å². The maximum Gasteiger partial charge on any atom is 0.229 e. The van der Waals surface area contributed by atoms with Crippen LogP contribution in [0.1, 0.15) is 27.7 Å². The zero-order valence-corrected chi connectivity index (χ0v) is 11.3. The lowest BCUT2D eigenvalue weighted by Crippen LogP contribution is -2.18. The smallest absolute Gasteiger partial charge is 0.229 e. The average Bonchev–Trinajstić information content (AvgIpc) is 2.56. The molecule has 1 aliphatic rings.